The second kappa shape index (κ2) is 8.84. The van der Waals surface area contributed by atoms with Crippen LogP contribution in [0.25, 0.3) is 0 Å². The zero-order valence-electron chi connectivity index (χ0n) is 12.0. The molecule has 1 aromatic heterocycles. The summed E-state index contributed by atoms with van der Waals surface area (Å²) in [4.78, 5) is 24.2. The number of esters is 1. The number of thiophene rings is 1. The average molecular weight is 319 g/mol. The van der Waals surface area contributed by atoms with E-state index in [2.05, 4.69) is 5.32 Å². The molecule has 1 N–H and O–H groups in total. The molecule has 0 unspecified atom stereocenters. The summed E-state index contributed by atoms with van der Waals surface area (Å²) < 4.78 is 10.1. The van der Waals surface area contributed by atoms with Gasteiger partial charge in [0.25, 0.3) is 5.91 Å². The van der Waals surface area contributed by atoms with Crippen molar-refractivity contribution >= 4 is 23.2 Å². The van der Waals surface area contributed by atoms with Crippen molar-refractivity contribution in [1.82, 2.24) is 5.32 Å². The predicted molar refractivity (Wildman–Crippen MR) is 83.9 cm³/mol. The van der Waals surface area contributed by atoms with Gasteiger partial charge in [0, 0.05) is 11.4 Å². The van der Waals surface area contributed by atoms with Crippen molar-refractivity contribution in [2.45, 2.75) is 6.42 Å². The van der Waals surface area contributed by atoms with E-state index in [-0.39, 0.29) is 19.1 Å². The molecule has 116 valence electrons. The summed E-state index contributed by atoms with van der Waals surface area (Å²) in [5, 5.41) is 4.69. The van der Waals surface area contributed by atoms with Crippen molar-refractivity contribution in [2.24, 2.45) is 0 Å². The Morgan fingerprint density at radius 1 is 1.05 bits per heavy atom. The zero-order valence-corrected chi connectivity index (χ0v) is 12.8. The number of amides is 1. The van der Waals surface area contributed by atoms with Gasteiger partial charge in [0.1, 0.15) is 5.75 Å². The van der Waals surface area contributed by atoms with Crippen LogP contribution in [-0.2, 0) is 20.7 Å². The zero-order chi connectivity index (χ0) is 15.6. The van der Waals surface area contributed by atoms with Gasteiger partial charge in [-0.25, -0.2) is 4.79 Å². The summed E-state index contributed by atoms with van der Waals surface area (Å²) in [6.07, 6.45) is 0.772. The van der Waals surface area contributed by atoms with E-state index in [1.54, 1.807) is 23.5 Å². The van der Waals surface area contributed by atoms with Crippen LogP contribution in [0.1, 0.15) is 4.88 Å². The lowest BCUT2D eigenvalue weighted by Crippen LogP contribution is -2.31. The highest BCUT2D eigenvalue weighted by Gasteiger charge is 2.08. The molecule has 1 aromatic carbocycles. The highest BCUT2D eigenvalue weighted by Crippen LogP contribution is 2.08. The molecule has 0 bridgehead atoms. The second-order valence-electron chi connectivity index (χ2n) is 4.44. The quantitative estimate of drug-likeness (QED) is 0.756. The van der Waals surface area contributed by atoms with Gasteiger partial charge < -0.3 is 14.8 Å². The van der Waals surface area contributed by atoms with E-state index in [0.717, 1.165) is 6.42 Å². The van der Waals surface area contributed by atoms with Gasteiger partial charge >= 0.3 is 5.97 Å². The van der Waals surface area contributed by atoms with Crippen molar-refractivity contribution in [3.8, 4) is 5.75 Å². The van der Waals surface area contributed by atoms with Crippen molar-refractivity contribution in [2.75, 3.05) is 19.8 Å². The van der Waals surface area contributed by atoms with E-state index in [9.17, 15) is 9.59 Å². The lowest BCUT2D eigenvalue weighted by Gasteiger charge is -2.07. The Morgan fingerprint density at radius 3 is 2.59 bits per heavy atom. The third-order valence-electron chi connectivity index (χ3n) is 2.74. The summed E-state index contributed by atoms with van der Waals surface area (Å²) in [7, 11) is 0. The molecule has 22 heavy (non-hydrogen) atoms. The third-order valence-corrected chi connectivity index (χ3v) is 3.67. The topological polar surface area (TPSA) is 64.6 Å². The van der Waals surface area contributed by atoms with Gasteiger partial charge in [-0.05, 0) is 30.0 Å². The van der Waals surface area contributed by atoms with Crippen molar-refractivity contribution in [3.05, 3.63) is 52.7 Å². The molecule has 0 spiro atoms. The van der Waals surface area contributed by atoms with Crippen molar-refractivity contribution in [1.29, 1.82) is 0 Å². The number of hydrogen-bond acceptors (Lipinski definition) is 5. The smallest absolute Gasteiger partial charge is 0.344 e. The van der Waals surface area contributed by atoms with Crippen LogP contribution in [0.5, 0.6) is 5.75 Å². The minimum Gasteiger partial charge on any atom is -0.482 e. The first kappa shape index (κ1) is 16.0. The van der Waals surface area contributed by atoms with Gasteiger partial charge in [-0.15, -0.1) is 11.3 Å². The minimum absolute atomic E-state index is 0.216. The van der Waals surface area contributed by atoms with Crippen LogP contribution in [-0.4, -0.2) is 31.6 Å². The number of ether oxygens (including phenoxy) is 2. The Kier molecular flexibility index (Phi) is 6.44. The third kappa shape index (κ3) is 5.97. The van der Waals surface area contributed by atoms with E-state index >= 15 is 0 Å². The van der Waals surface area contributed by atoms with E-state index in [1.165, 1.54) is 4.88 Å². The summed E-state index contributed by atoms with van der Waals surface area (Å²) in [5.41, 5.74) is 0. The molecule has 0 radical (unpaired) electrons. The van der Waals surface area contributed by atoms with Gasteiger partial charge in [0.2, 0.25) is 0 Å². The van der Waals surface area contributed by atoms with Crippen LogP contribution in [0.2, 0.25) is 0 Å². The molecule has 0 atom stereocenters. The van der Waals surface area contributed by atoms with E-state index < -0.39 is 5.97 Å². The van der Waals surface area contributed by atoms with E-state index in [1.807, 2.05) is 35.7 Å². The lowest BCUT2D eigenvalue weighted by atomic mass is 10.3. The molecular weight excluding hydrogens is 302 g/mol. The Labute approximate surface area is 132 Å². The first-order valence-electron chi connectivity index (χ1n) is 6.86. The molecule has 0 aliphatic carbocycles. The number of rotatable bonds is 8. The minimum atomic E-state index is -0.572. The summed E-state index contributed by atoms with van der Waals surface area (Å²) in [6.45, 7) is 0.0192. The summed E-state index contributed by atoms with van der Waals surface area (Å²) in [6, 6.07) is 12.9. The fourth-order valence-electron chi connectivity index (χ4n) is 1.68. The number of hydrogen-bond donors (Lipinski definition) is 1. The van der Waals surface area contributed by atoms with Crippen molar-refractivity contribution < 1.29 is 19.1 Å². The number of nitrogens with one attached hydrogen (secondary N) is 1. The number of benzene rings is 1. The maximum absolute atomic E-state index is 11.5. The maximum atomic E-state index is 11.5. The van der Waals surface area contributed by atoms with Crippen LogP contribution in [0.3, 0.4) is 0 Å². The highest BCUT2D eigenvalue weighted by atomic mass is 32.1. The van der Waals surface area contributed by atoms with Crippen LogP contribution in [0.4, 0.5) is 0 Å². The predicted octanol–water partition coefficient (Wildman–Crippen LogP) is 2.03. The SMILES string of the molecule is O=C(COC(=O)COc1ccccc1)NCCc1cccs1. The van der Waals surface area contributed by atoms with E-state index in [4.69, 9.17) is 9.47 Å². The number of carbonyl (C=O) groups excluding carboxylic acids is 2. The summed E-state index contributed by atoms with van der Waals surface area (Å²) >= 11 is 1.64. The van der Waals surface area contributed by atoms with Crippen LogP contribution in [0, 0.1) is 0 Å². The van der Waals surface area contributed by atoms with Gasteiger partial charge in [-0.1, -0.05) is 24.3 Å². The maximum Gasteiger partial charge on any atom is 0.344 e. The largest absolute Gasteiger partial charge is 0.482 e. The summed E-state index contributed by atoms with van der Waals surface area (Å²) in [5.74, 6) is -0.304. The Morgan fingerprint density at radius 2 is 1.86 bits per heavy atom. The Bertz CT molecular complexity index is 583. The fraction of sp³-hybridized carbons (Fsp3) is 0.250. The highest BCUT2D eigenvalue weighted by molar-refractivity contribution is 7.09. The van der Waals surface area contributed by atoms with Crippen LogP contribution >= 0.6 is 11.3 Å². The molecule has 0 aliphatic heterocycles. The standard InChI is InChI=1S/C16H17NO4S/c18-15(17-9-8-14-7-4-10-22-14)11-21-16(19)12-20-13-5-2-1-3-6-13/h1-7,10H,8-9,11-12H2,(H,17,18). The number of carbonyl (C=O) groups is 2. The molecule has 2 aromatic rings. The Hall–Kier alpha value is -2.34. The molecule has 0 saturated carbocycles. The van der Waals surface area contributed by atoms with Gasteiger partial charge in [-0.3, -0.25) is 4.79 Å². The molecule has 0 fully saturated rings. The van der Waals surface area contributed by atoms with Gasteiger partial charge in [0.05, 0.1) is 0 Å². The van der Waals surface area contributed by atoms with Gasteiger partial charge in [-0.2, -0.15) is 0 Å². The molecule has 2 rings (SSSR count). The molecule has 1 amide bonds. The Balaban J connectivity index is 1.56. The molecule has 0 aliphatic rings. The van der Waals surface area contributed by atoms with Crippen LogP contribution in [0.15, 0.2) is 47.8 Å². The molecule has 5 nitrogen and oxygen atoms in total. The average Bonchev–Trinajstić information content (AvgIpc) is 3.05. The normalized spacial score (nSPS) is 10.0. The molecule has 6 heteroatoms. The molecule has 1 heterocycles. The first-order valence-corrected chi connectivity index (χ1v) is 7.74. The molecular formula is C16H17NO4S. The van der Waals surface area contributed by atoms with Crippen LogP contribution < -0.4 is 10.1 Å². The van der Waals surface area contributed by atoms with E-state index in [0.29, 0.717) is 12.3 Å². The number of para-hydroxylation sites is 1. The van der Waals surface area contributed by atoms with Crippen molar-refractivity contribution in [3.63, 3.8) is 0 Å². The fourth-order valence-corrected chi connectivity index (χ4v) is 2.39. The monoisotopic (exact) mass is 319 g/mol. The van der Waals surface area contributed by atoms with Gasteiger partial charge in [0.15, 0.2) is 13.2 Å². The second-order valence-corrected chi connectivity index (χ2v) is 5.47. The first-order chi connectivity index (χ1) is 10.7. The molecule has 0 saturated heterocycles. The lowest BCUT2D eigenvalue weighted by molar-refractivity contribution is -0.150.